The van der Waals surface area contributed by atoms with Crippen molar-refractivity contribution in [1.29, 1.82) is 0 Å². The van der Waals surface area contributed by atoms with Crippen molar-refractivity contribution in [3.63, 3.8) is 0 Å². The Morgan fingerprint density at radius 1 is 1.11 bits per heavy atom. The zero-order chi connectivity index (χ0) is 19.2. The monoisotopic (exact) mass is 365 g/mol. The van der Waals surface area contributed by atoms with Crippen molar-refractivity contribution in [2.24, 2.45) is 0 Å². The maximum absolute atomic E-state index is 13.1. The molecule has 1 fully saturated rings. The molecule has 1 saturated heterocycles. The third-order valence-corrected chi connectivity index (χ3v) is 5.17. The Hall–Kier alpha value is -2.82. The number of nitrogens with one attached hydrogen (secondary N) is 1. The Morgan fingerprint density at radius 3 is 2.52 bits per heavy atom. The summed E-state index contributed by atoms with van der Waals surface area (Å²) in [5.74, 6) is 0.0932. The highest BCUT2D eigenvalue weighted by atomic mass is 16.2. The largest absolute Gasteiger partial charge is 0.387 e. The molecular formula is C22H27N3O2. The molecule has 0 spiro atoms. The predicted molar refractivity (Wildman–Crippen MR) is 108 cm³/mol. The third kappa shape index (κ3) is 4.30. The molecule has 0 saturated carbocycles. The molecule has 0 radical (unpaired) electrons. The number of rotatable bonds is 5. The second-order valence-electron chi connectivity index (χ2n) is 6.87. The summed E-state index contributed by atoms with van der Waals surface area (Å²) in [4.78, 5) is 29.7. The van der Waals surface area contributed by atoms with Crippen LogP contribution < -0.4 is 5.32 Å². The van der Waals surface area contributed by atoms with Crippen LogP contribution in [-0.4, -0.2) is 47.8 Å². The first-order chi connectivity index (χ1) is 13.1. The van der Waals surface area contributed by atoms with E-state index in [1.807, 2.05) is 71.4 Å². The van der Waals surface area contributed by atoms with Gasteiger partial charge in [0.15, 0.2) is 0 Å². The van der Waals surface area contributed by atoms with E-state index in [2.05, 4.69) is 12.2 Å². The number of hydrogen-bond acceptors (Lipinski definition) is 3. The van der Waals surface area contributed by atoms with Crippen molar-refractivity contribution in [2.45, 2.75) is 32.4 Å². The number of benzene rings is 2. The number of anilines is 1. The van der Waals surface area contributed by atoms with E-state index in [0.29, 0.717) is 31.6 Å². The van der Waals surface area contributed by atoms with Gasteiger partial charge < -0.3 is 15.1 Å². The first kappa shape index (κ1) is 19.0. The minimum atomic E-state index is -0.0206. The van der Waals surface area contributed by atoms with Crippen LogP contribution in [0.1, 0.15) is 35.7 Å². The van der Waals surface area contributed by atoms with Gasteiger partial charge in [-0.3, -0.25) is 9.59 Å². The average molecular weight is 365 g/mol. The summed E-state index contributed by atoms with van der Waals surface area (Å²) in [7, 11) is 1.81. The molecule has 142 valence electrons. The smallest absolute Gasteiger partial charge is 0.256 e. The zero-order valence-electron chi connectivity index (χ0n) is 16.0. The molecule has 3 rings (SSSR count). The van der Waals surface area contributed by atoms with Crippen LogP contribution in [0, 0.1) is 0 Å². The topological polar surface area (TPSA) is 52.7 Å². The fourth-order valence-electron chi connectivity index (χ4n) is 3.61. The lowest BCUT2D eigenvalue weighted by molar-refractivity contribution is -0.133. The molecule has 1 aliphatic heterocycles. The van der Waals surface area contributed by atoms with Gasteiger partial charge in [-0.25, -0.2) is 0 Å². The van der Waals surface area contributed by atoms with Crippen LogP contribution in [0.2, 0.25) is 0 Å². The summed E-state index contributed by atoms with van der Waals surface area (Å²) in [6.45, 7) is 3.68. The maximum Gasteiger partial charge on any atom is 0.256 e. The van der Waals surface area contributed by atoms with Gasteiger partial charge in [-0.05, 0) is 24.1 Å². The molecule has 27 heavy (non-hydrogen) atoms. The van der Waals surface area contributed by atoms with Crippen LogP contribution in [0.25, 0.3) is 0 Å². The molecule has 2 amide bonds. The summed E-state index contributed by atoms with van der Waals surface area (Å²) in [6, 6.07) is 17.6. The molecule has 1 atom stereocenters. The van der Waals surface area contributed by atoms with Crippen molar-refractivity contribution < 1.29 is 9.59 Å². The Labute approximate surface area is 161 Å². The van der Waals surface area contributed by atoms with Crippen LogP contribution in [0.5, 0.6) is 0 Å². The molecule has 0 unspecified atom stereocenters. The van der Waals surface area contributed by atoms with Gasteiger partial charge in [0.2, 0.25) is 5.91 Å². The van der Waals surface area contributed by atoms with Gasteiger partial charge in [0, 0.05) is 44.8 Å². The van der Waals surface area contributed by atoms with Crippen LogP contribution in [-0.2, 0) is 11.3 Å². The summed E-state index contributed by atoms with van der Waals surface area (Å²) < 4.78 is 0. The molecule has 2 aromatic carbocycles. The normalized spacial score (nSPS) is 17.6. The number of nitrogens with zero attached hydrogens (tertiary/aromatic N) is 2. The molecule has 1 N–H and O–H groups in total. The highest BCUT2D eigenvalue weighted by molar-refractivity contribution is 6.00. The van der Waals surface area contributed by atoms with Crippen molar-refractivity contribution in [3.05, 3.63) is 65.7 Å². The van der Waals surface area contributed by atoms with Gasteiger partial charge in [-0.1, -0.05) is 49.4 Å². The molecule has 5 heteroatoms. The number of carbonyl (C=O) groups excluding carboxylic acids is 2. The van der Waals surface area contributed by atoms with Crippen LogP contribution in [0.4, 0.5) is 5.69 Å². The van der Waals surface area contributed by atoms with Gasteiger partial charge in [0.1, 0.15) is 0 Å². The van der Waals surface area contributed by atoms with E-state index in [1.165, 1.54) is 0 Å². The van der Waals surface area contributed by atoms with E-state index >= 15 is 0 Å². The predicted octanol–water partition coefficient (Wildman–Crippen LogP) is 3.38. The second kappa shape index (κ2) is 8.71. The van der Waals surface area contributed by atoms with Gasteiger partial charge in [0.05, 0.1) is 5.56 Å². The first-order valence-corrected chi connectivity index (χ1v) is 9.53. The molecule has 0 bridgehead atoms. The lowest BCUT2D eigenvalue weighted by atomic mass is 10.1. The van der Waals surface area contributed by atoms with Crippen LogP contribution >= 0.6 is 0 Å². The fraction of sp³-hybridized carbons (Fsp3) is 0.364. The van der Waals surface area contributed by atoms with E-state index in [4.69, 9.17) is 0 Å². The fourth-order valence-corrected chi connectivity index (χ4v) is 3.61. The quantitative estimate of drug-likeness (QED) is 0.884. The van der Waals surface area contributed by atoms with E-state index in [0.717, 1.165) is 17.7 Å². The van der Waals surface area contributed by atoms with Crippen LogP contribution in [0.3, 0.4) is 0 Å². The minimum Gasteiger partial charge on any atom is -0.387 e. The summed E-state index contributed by atoms with van der Waals surface area (Å²) in [5, 5.41) is 3.08. The molecule has 1 heterocycles. The lowest BCUT2D eigenvalue weighted by Gasteiger charge is -2.31. The van der Waals surface area contributed by atoms with Gasteiger partial charge in [-0.2, -0.15) is 0 Å². The molecule has 0 aliphatic carbocycles. The number of para-hydroxylation sites is 1. The number of amides is 2. The highest BCUT2D eigenvalue weighted by Crippen LogP contribution is 2.22. The Kier molecular flexibility index (Phi) is 6.12. The SMILES string of the molecule is CC[C@H]1CN(C(=O)c2ccccc2NC)CCC(=O)N1Cc1ccccc1. The minimum absolute atomic E-state index is 0.0194. The van der Waals surface area contributed by atoms with Crippen molar-refractivity contribution in [3.8, 4) is 0 Å². The first-order valence-electron chi connectivity index (χ1n) is 9.53. The van der Waals surface area contributed by atoms with Gasteiger partial charge in [0.25, 0.3) is 5.91 Å². The molecule has 0 aromatic heterocycles. The van der Waals surface area contributed by atoms with E-state index in [1.54, 1.807) is 0 Å². The third-order valence-electron chi connectivity index (χ3n) is 5.17. The standard InChI is InChI=1S/C22H27N3O2/c1-3-18-16-24(22(27)19-11-7-8-12-20(19)23-2)14-13-21(26)25(18)15-17-9-5-4-6-10-17/h4-12,18,23H,3,13-16H2,1-2H3/t18-/m0/s1. The molecule has 1 aliphatic rings. The highest BCUT2D eigenvalue weighted by Gasteiger charge is 2.31. The maximum atomic E-state index is 13.1. The second-order valence-corrected chi connectivity index (χ2v) is 6.87. The van der Waals surface area contributed by atoms with Crippen molar-refractivity contribution in [1.82, 2.24) is 9.80 Å². The number of carbonyl (C=O) groups is 2. The van der Waals surface area contributed by atoms with E-state index in [-0.39, 0.29) is 17.9 Å². The van der Waals surface area contributed by atoms with Crippen molar-refractivity contribution in [2.75, 3.05) is 25.5 Å². The Morgan fingerprint density at radius 2 is 1.81 bits per heavy atom. The van der Waals surface area contributed by atoms with Gasteiger partial charge >= 0.3 is 0 Å². The zero-order valence-corrected chi connectivity index (χ0v) is 16.0. The molecular weight excluding hydrogens is 338 g/mol. The lowest BCUT2D eigenvalue weighted by Crippen LogP contribution is -2.43. The molecule has 2 aromatic rings. The van der Waals surface area contributed by atoms with Gasteiger partial charge in [-0.15, -0.1) is 0 Å². The summed E-state index contributed by atoms with van der Waals surface area (Å²) in [5.41, 5.74) is 2.58. The van der Waals surface area contributed by atoms with E-state index < -0.39 is 0 Å². The Bertz CT molecular complexity index is 791. The number of hydrogen-bond donors (Lipinski definition) is 1. The summed E-state index contributed by atoms with van der Waals surface area (Å²) >= 11 is 0. The average Bonchev–Trinajstić information content (AvgIpc) is 2.87. The molecule has 5 nitrogen and oxygen atoms in total. The summed E-state index contributed by atoms with van der Waals surface area (Å²) in [6.07, 6.45) is 1.17. The van der Waals surface area contributed by atoms with Crippen molar-refractivity contribution >= 4 is 17.5 Å². The Balaban J connectivity index is 1.81. The van der Waals surface area contributed by atoms with E-state index in [9.17, 15) is 9.59 Å². The van der Waals surface area contributed by atoms with Crippen LogP contribution in [0.15, 0.2) is 54.6 Å².